The molecule has 0 amide bonds. The zero-order chi connectivity index (χ0) is 19.2. The van der Waals surface area contributed by atoms with Crippen LogP contribution in [0.4, 0.5) is 0 Å². The molecular formula is C21H25ClO5. The highest BCUT2D eigenvalue weighted by atomic mass is 35.5. The molecule has 1 aromatic carbocycles. The van der Waals surface area contributed by atoms with Gasteiger partial charge in [-0.2, -0.15) is 0 Å². The lowest BCUT2D eigenvalue weighted by Crippen LogP contribution is -2.56. The highest BCUT2D eigenvalue weighted by Gasteiger charge is 2.60. The molecule has 4 aliphatic carbocycles. The van der Waals surface area contributed by atoms with E-state index in [1.165, 1.54) is 13.5 Å². The summed E-state index contributed by atoms with van der Waals surface area (Å²) in [5.74, 6) is 1.48. The van der Waals surface area contributed by atoms with Gasteiger partial charge in [0, 0.05) is 10.9 Å². The average Bonchev–Trinajstić information content (AvgIpc) is 2.63. The van der Waals surface area contributed by atoms with Crippen LogP contribution < -0.4 is 9.47 Å². The first-order valence-corrected chi connectivity index (χ1v) is 9.86. The van der Waals surface area contributed by atoms with Crippen LogP contribution in [0.15, 0.2) is 18.2 Å². The van der Waals surface area contributed by atoms with Gasteiger partial charge in [0.15, 0.2) is 6.61 Å². The van der Waals surface area contributed by atoms with E-state index in [1.807, 2.05) is 0 Å². The SMILES string of the molecule is COc1ccc(C(=O)COC(=O)C23C[C@@H]4C[C@@H](CC(Cl)(C4)C2)C3)c(OC)c1. The van der Waals surface area contributed by atoms with Crippen LogP contribution >= 0.6 is 11.6 Å². The maximum Gasteiger partial charge on any atom is 0.312 e. The van der Waals surface area contributed by atoms with Gasteiger partial charge in [-0.15, -0.1) is 11.6 Å². The third kappa shape index (κ3) is 3.31. The molecule has 4 aliphatic rings. The van der Waals surface area contributed by atoms with Crippen molar-refractivity contribution in [2.24, 2.45) is 17.3 Å². The Hall–Kier alpha value is -1.75. The molecule has 4 atom stereocenters. The largest absolute Gasteiger partial charge is 0.497 e. The average molecular weight is 393 g/mol. The van der Waals surface area contributed by atoms with Crippen molar-refractivity contribution in [1.82, 2.24) is 0 Å². The van der Waals surface area contributed by atoms with Crippen LogP contribution in [-0.2, 0) is 9.53 Å². The van der Waals surface area contributed by atoms with Gasteiger partial charge in [0.05, 0.1) is 25.2 Å². The topological polar surface area (TPSA) is 61.8 Å². The summed E-state index contributed by atoms with van der Waals surface area (Å²) < 4.78 is 15.9. The molecule has 0 saturated heterocycles. The summed E-state index contributed by atoms with van der Waals surface area (Å²) in [6, 6.07) is 4.96. The van der Waals surface area contributed by atoms with Crippen molar-refractivity contribution in [3.05, 3.63) is 23.8 Å². The molecular weight excluding hydrogens is 368 g/mol. The second-order valence-corrected chi connectivity index (χ2v) is 9.26. The molecule has 0 aliphatic heterocycles. The highest BCUT2D eigenvalue weighted by molar-refractivity contribution is 6.24. The molecule has 4 saturated carbocycles. The van der Waals surface area contributed by atoms with Gasteiger partial charge in [0.2, 0.25) is 5.78 Å². The molecule has 4 fully saturated rings. The van der Waals surface area contributed by atoms with Crippen molar-refractivity contribution >= 4 is 23.4 Å². The first kappa shape index (κ1) is 18.6. The predicted octanol–water partition coefficient (Wildman–Crippen LogP) is 4.01. The van der Waals surface area contributed by atoms with Crippen LogP contribution in [0.3, 0.4) is 0 Å². The third-order valence-electron chi connectivity index (χ3n) is 6.47. The van der Waals surface area contributed by atoms with Gasteiger partial charge in [-0.25, -0.2) is 0 Å². The zero-order valence-corrected chi connectivity index (χ0v) is 16.5. The van der Waals surface area contributed by atoms with Gasteiger partial charge < -0.3 is 14.2 Å². The quantitative estimate of drug-likeness (QED) is 0.416. The van der Waals surface area contributed by atoms with E-state index in [0.717, 1.165) is 25.7 Å². The normalized spacial score (nSPS) is 33.6. The minimum Gasteiger partial charge on any atom is -0.497 e. The monoisotopic (exact) mass is 392 g/mol. The molecule has 0 aromatic heterocycles. The first-order valence-electron chi connectivity index (χ1n) is 9.48. The maximum absolute atomic E-state index is 12.9. The van der Waals surface area contributed by atoms with Crippen LogP contribution in [0, 0.1) is 17.3 Å². The smallest absolute Gasteiger partial charge is 0.312 e. The predicted molar refractivity (Wildman–Crippen MR) is 101 cm³/mol. The molecule has 4 bridgehead atoms. The van der Waals surface area contributed by atoms with E-state index < -0.39 is 5.41 Å². The summed E-state index contributed by atoms with van der Waals surface area (Å²) in [5, 5.41) is 0. The molecule has 5 rings (SSSR count). The Bertz CT molecular complexity index is 760. The first-order chi connectivity index (χ1) is 12.9. The van der Waals surface area contributed by atoms with Gasteiger partial charge in [-0.1, -0.05) is 0 Å². The lowest BCUT2D eigenvalue weighted by atomic mass is 9.49. The Morgan fingerprint density at radius 2 is 1.81 bits per heavy atom. The van der Waals surface area contributed by atoms with E-state index >= 15 is 0 Å². The van der Waals surface area contributed by atoms with Gasteiger partial charge in [0.25, 0.3) is 0 Å². The van der Waals surface area contributed by atoms with Gasteiger partial charge in [0.1, 0.15) is 11.5 Å². The third-order valence-corrected chi connectivity index (χ3v) is 6.91. The fourth-order valence-electron chi connectivity index (χ4n) is 5.78. The molecule has 0 spiro atoms. The van der Waals surface area contributed by atoms with Crippen LogP contribution in [0.1, 0.15) is 48.9 Å². The molecule has 6 heteroatoms. The Labute approximate surface area is 164 Å². The Kier molecular flexibility index (Phi) is 4.61. The molecule has 1 aromatic rings. The second kappa shape index (κ2) is 6.69. The number of alkyl halides is 1. The minimum atomic E-state index is -0.504. The van der Waals surface area contributed by atoms with E-state index in [1.54, 1.807) is 25.3 Å². The standard InChI is InChI=1S/C21H25ClO5/c1-25-15-3-4-16(18(6-15)26-2)17(23)11-27-19(24)20-7-13-5-14(8-20)10-21(22,9-13)12-20/h3-4,6,13-14H,5,7-12H2,1-2H3/t13-,14+,20?,21?. The number of esters is 1. The summed E-state index contributed by atoms with van der Waals surface area (Å²) >= 11 is 6.79. The number of halogens is 1. The van der Waals surface area contributed by atoms with Crippen LogP contribution in [-0.4, -0.2) is 37.5 Å². The van der Waals surface area contributed by atoms with Gasteiger partial charge in [-0.05, 0) is 62.5 Å². The lowest BCUT2D eigenvalue weighted by Gasteiger charge is -2.58. The maximum atomic E-state index is 12.9. The lowest BCUT2D eigenvalue weighted by molar-refractivity contribution is -0.168. The summed E-state index contributed by atoms with van der Waals surface area (Å²) in [4.78, 5) is 25.3. The van der Waals surface area contributed by atoms with Gasteiger partial charge in [-0.3, -0.25) is 9.59 Å². The Morgan fingerprint density at radius 3 is 2.41 bits per heavy atom. The summed E-state index contributed by atoms with van der Waals surface area (Å²) in [6.07, 6.45) is 5.54. The van der Waals surface area contributed by atoms with Crippen molar-refractivity contribution in [3.63, 3.8) is 0 Å². The van der Waals surface area contributed by atoms with Gasteiger partial charge >= 0.3 is 5.97 Å². The molecule has 0 N–H and O–H groups in total. The van der Waals surface area contributed by atoms with E-state index in [9.17, 15) is 9.59 Å². The number of benzene rings is 1. The number of Topliss-reactive ketones (excluding diaryl/α,β-unsaturated/α-hetero) is 1. The van der Waals surface area contributed by atoms with Crippen molar-refractivity contribution in [2.45, 2.75) is 43.4 Å². The number of carbonyl (C=O) groups is 2. The number of carbonyl (C=O) groups excluding carboxylic acids is 2. The van der Waals surface area contributed by atoms with E-state index in [-0.39, 0.29) is 23.2 Å². The van der Waals surface area contributed by atoms with Crippen molar-refractivity contribution in [3.8, 4) is 11.5 Å². The van der Waals surface area contributed by atoms with E-state index in [4.69, 9.17) is 25.8 Å². The molecule has 146 valence electrons. The number of hydrogen-bond donors (Lipinski definition) is 0. The molecule has 5 nitrogen and oxygen atoms in total. The van der Waals surface area contributed by atoms with Crippen molar-refractivity contribution < 1.29 is 23.8 Å². The van der Waals surface area contributed by atoms with E-state index in [2.05, 4.69) is 0 Å². The molecule has 0 heterocycles. The molecule has 0 radical (unpaired) electrons. The Morgan fingerprint density at radius 1 is 1.11 bits per heavy atom. The fourth-order valence-corrected chi connectivity index (χ4v) is 6.47. The van der Waals surface area contributed by atoms with Crippen LogP contribution in [0.2, 0.25) is 0 Å². The minimum absolute atomic E-state index is 0.258. The Balaban J connectivity index is 1.45. The summed E-state index contributed by atoms with van der Waals surface area (Å²) in [6.45, 7) is -0.284. The number of hydrogen-bond acceptors (Lipinski definition) is 5. The van der Waals surface area contributed by atoms with Crippen LogP contribution in [0.5, 0.6) is 11.5 Å². The van der Waals surface area contributed by atoms with Crippen molar-refractivity contribution in [2.75, 3.05) is 20.8 Å². The number of methoxy groups -OCH3 is 2. The van der Waals surface area contributed by atoms with Crippen LogP contribution in [0.25, 0.3) is 0 Å². The molecule has 2 unspecified atom stereocenters. The zero-order valence-electron chi connectivity index (χ0n) is 15.8. The molecule has 27 heavy (non-hydrogen) atoms. The van der Waals surface area contributed by atoms with Crippen molar-refractivity contribution in [1.29, 1.82) is 0 Å². The van der Waals surface area contributed by atoms with E-state index in [0.29, 0.717) is 35.3 Å². The number of rotatable bonds is 6. The number of ether oxygens (including phenoxy) is 3. The summed E-state index contributed by atoms with van der Waals surface area (Å²) in [7, 11) is 3.04. The highest BCUT2D eigenvalue weighted by Crippen LogP contribution is 2.64. The fraction of sp³-hybridized carbons (Fsp3) is 0.619. The summed E-state index contributed by atoms with van der Waals surface area (Å²) in [5.41, 5.74) is -0.124. The number of ketones is 1. The second-order valence-electron chi connectivity index (χ2n) is 8.46.